The maximum atomic E-state index is 13.6. The molecule has 3 aromatic carbocycles. The van der Waals surface area contributed by atoms with Crippen LogP contribution in [0.3, 0.4) is 0 Å². The first-order valence-corrected chi connectivity index (χ1v) is 13.6. The third kappa shape index (κ3) is 5.63. The van der Waals surface area contributed by atoms with Gasteiger partial charge in [-0.2, -0.15) is 9.78 Å². The van der Waals surface area contributed by atoms with E-state index < -0.39 is 17.9 Å². The molecule has 0 radical (unpaired) electrons. The van der Waals surface area contributed by atoms with Crippen molar-refractivity contribution in [3.05, 3.63) is 107 Å². The number of aryl methyl sites for hydroxylation is 1. The highest BCUT2D eigenvalue weighted by Gasteiger charge is 2.41. The van der Waals surface area contributed by atoms with Crippen LogP contribution < -0.4 is 9.47 Å². The quantitative estimate of drug-likeness (QED) is 0.197. The first kappa shape index (κ1) is 27.2. The Kier molecular flexibility index (Phi) is 7.99. The minimum Gasteiger partial charge on any atom is -0.497 e. The SMILES string of the molecule is COc1ccc(Oc2c(/C=C3\SC(=S)N([C@@H](Cc4ccccc4)C(=O)O)C3=O)c(C)nn2-c2ccccc2)cc1. The van der Waals surface area contributed by atoms with E-state index in [2.05, 4.69) is 0 Å². The maximum Gasteiger partial charge on any atom is 0.327 e. The van der Waals surface area contributed by atoms with Crippen molar-refractivity contribution in [1.29, 1.82) is 0 Å². The average molecular weight is 572 g/mol. The predicted molar refractivity (Wildman–Crippen MR) is 158 cm³/mol. The summed E-state index contributed by atoms with van der Waals surface area (Å²) in [5, 5.41) is 14.7. The Labute approximate surface area is 240 Å². The Morgan fingerprint density at radius 3 is 2.27 bits per heavy atom. The van der Waals surface area contributed by atoms with Crippen molar-refractivity contribution in [1.82, 2.24) is 14.7 Å². The van der Waals surface area contributed by atoms with E-state index in [-0.39, 0.29) is 10.7 Å². The van der Waals surface area contributed by atoms with Gasteiger partial charge in [0.25, 0.3) is 5.91 Å². The van der Waals surface area contributed by atoms with Crippen LogP contribution in [-0.2, 0) is 16.0 Å². The van der Waals surface area contributed by atoms with E-state index >= 15 is 0 Å². The zero-order valence-electron chi connectivity index (χ0n) is 21.7. The number of carbonyl (C=O) groups excluding carboxylic acids is 1. The lowest BCUT2D eigenvalue weighted by Crippen LogP contribution is -2.45. The van der Waals surface area contributed by atoms with E-state index in [0.29, 0.717) is 33.5 Å². The van der Waals surface area contributed by atoms with Gasteiger partial charge in [-0.05, 0) is 55.0 Å². The third-order valence-electron chi connectivity index (χ3n) is 6.30. The van der Waals surface area contributed by atoms with E-state index in [1.807, 2.05) is 67.6 Å². The number of carbonyl (C=O) groups is 2. The monoisotopic (exact) mass is 571 g/mol. The Bertz CT molecular complexity index is 1590. The molecule has 1 aliphatic rings. The number of carboxylic acids is 1. The zero-order chi connectivity index (χ0) is 28.2. The summed E-state index contributed by atoms with van der Waals surface area (Å²) in [4.78, 5) is 27.3. The zero-order valence-corrected chi connectivity index (χ0v) is 23.3. The van der Waals surface area contributed by atoms with Crippen molar-refractivity contribution in [2.45, 2.75) is 19.4 Å². The molecule has 1 fully saturated rings. The molecule has 2 heterocycles. The molecular weight excluding hydrogens is 546 g/mol. The van der Waals surface area contributed by atoms with Crippen LogP contribution in [0.25, 0.3) is 11.8 Å². The van der Waals surface area contributed by atoms with Crippen LogP contribution >= 0.6 is 24.0 Å². The molecule has 40 heavy (non-hydrogen) atoms. The van der Waals surface area contributed by atoms with Crippen molar-refractivity contribution in [2.75, 3.05) is 7.11 Å². The van der Waals surface area contributed by atoms with Crippen molar-refractivity contribution in [3.63, 3.8) is 0 Å². The second-order valence-electron chi connectivity index (χ2n) is 8.92. The summed E-state index contributed by atoms with van der Waals surface area (Å²) < 4.78 is 13.4. The molecule has 0 aliphatic carbocycles. The first-order chi connectivity index (χ1) is 19.4. The number of hydrogen-bond donors (Lipinski definition) is 1. The van der Waals surface area contributed by atoms with Gasteiger partial charge in [-0.25, -0.2) is 4.79 Å². The second kappa shape index (κ2) is 11.8. The number of carboxylic acid groups (broad SMARTS) is 1. The standard InChI is InChI=1S/C30H25N3O5S2/c1-19-24(18-26-27(34)32(30(39)40-26)25(29(35)36)17-20-9-5-3-6-10-20)28(33(31-19)21-11-7-4-8-12-21)38-23-15-13-22(37-2)14-16-23/h3-16,18,25H,17H2,1-2H3,(H,35,36)/b26-18-/t25-/m0/s1. The van der Waals surface area contributed by atoms with Crippen molar-refractivity contribution >= 4 is 46.3 Å². The number of thiocarbonyl (C=S) groups is 1. The number of aliphatic carboxylic acids is 1. The van der Waals surface area contributed by atoms with Gasteiger partial charge in [-0.15, -0.1) is 0 Å². The predicted octanol–water partition coefficient (Wildman–Crippen LogP) is 5.88. The van der Waals surface area contributed by atoms with Gasteiger partial charge in [0.15, 0.2) is 0 Å². The summed E-state index contributed by atoms with van der Waals surface area (Å²) in [6.45, 7) is 1.82. The topological polar surface area (TPSA) is 93.9 Å². The van der Waals surface area contributed by atoms with Gasteiger partial charge < -0.3 is 14.6 Å². The van der Waals surface area contributed by atoms with E-state index in [0.717, 1.165) is 23.0 Å². The van der Waals surface area contributed by atoms with Crippen LogP contribution in [0.5, 0.6) is 17.4 Å². The van der Waals surface area contributed by atoms with Gasteiger partial charge in [0.1, 0.15) is 21.9 Å². The van der Waals surface area contributed by atoms with Gasteiger partial charge in [0.2, 0.25) is 5.88 Å². The molecule has 5 rings (SSSR count). The van der Waals surface area contributed by atoms with Crippen LogP contribution in [0.15, 0.2) is 89.8 Å². The number of ether oxygens (including phenoxy) is 2. The summed E-state index contributed by atoms with van der Waals surface area (Å²) in [5.74, 6) is 0.0400. The summed E-state index contributed by atoms with van der Waals surface area (Å²) >= 11 is 6.56. The lowest BCUT2D eigenvalue weighted by molar-refractivity contribution is -0.145. The lowest BCUT2D eigenvalue weighted by atomic mass is 10.0. The summed E-state index contributed by atoms with van der Waals surface area (Å²) in [7, 11) is 1.59. The third-order valence-corrected chi connectivity index (χ3v) is 7.64. The molecule has 4 aromatic rings. The Morgan fingerprint density at radius 1 is 1.02 bits per heavy atom. The summed E-state index contributed by atoms with van der Waals surface area (Å²) in [6.07, 6.45) is 1.80. The number of hydrogen-bond acceptors (Lipinski definition) is 7. The van der Waals surface area contributed by atoms with Gasteiger partial charge in [0, 0.05) is 6.42 Å². The Morgan fingerprint density at radius 2 is 1.65 bits per heavy atom. The molecule has 1 aromatic heterocycles. The van der Waals surface area contributed by atoms with Gasteiger partial charge >= 0.3 is 5.97 Å². The molecule has 0 unspecified atom stereocenters. The van der Waals surface area contributed by atoms with Gasteiger partial charge in [-0.3, -0.25) is 9.69 Å². The van der Waals surface area contributed by atoms with Crippen LogP contribution in [0.1, 0.15) is 16.8 Å². The molecule has 1 N–H and O–H groups in total. The number of thioether (sulfide) groups is 1. The lowest BCUT2D eigenvalue weighted by Gasteiger charge is -2.23. The minimum atomic E-state index is -1.14. The Balaban J connectivity index is 1.53. The molecule has 1 amide bonds. The van der Waals surface area contributed by atoms with Gasteiger partial charge in [-0.1, -0.05) is 72.5 Å². The highest BCUT2D eigenvalue weighted by Crippen LogP contribution is 2.39. The number of rotatable bonds is 9. The largest absolute Gasteiger partial charge is 0.497 e. The number of methoxy groups -OCH3 is 1. The van der Waals surface area contributed by atoms with Crippen LogP contribution in [0, 0.1) is 6.92 Å². The highest BCUT2D eigenvalue weighted by molar-refractivity contribution is 8.26. The fourth-order valence-electron chi connectivity index (χ4n) is 4.29. The van der Waals surface area contributed by atoms with E-state index in [9.17, 15) is 14.7 Å². The fraction of sp³-hybridized carbons (Fsp3) is 0.133. The van der Waals surface area contributed by atoms with E-state index in [4.69, 9.17) is 26.8 Å². The normalized spacial score (nSPS) is 14.9. The van der Waals surface area contributed by atoms with Crippen molar-refractivity contribution in [2.24, 2.45) is 0 Å². The fourth-order valence-corrected chi connectivity index (χ4v) is 5.63. The first-order valence-electron chi connectivity index (χ1n) is 12.4. The van der Waals surface area contributed by atoms with Crippen LogP contribution in [0.2, 0.25) is 0 Å². The molecule has 10 heteroatoms. The second-order valence-corrected chi connectivity index (χ2v) is 10.6. The molecule has 1 saturated heterocycles. The van der Waals surface area contributed by atoms with Crippen LogP contribution in [-0.4, -0.2) is 49.1 Å². The highest BCUT2D eigenvalue weighted by atomic mass is 32.2. The number of amides is 1. The molecule has 8 nitrogen and oxygen atoms in total. The molecule has 0 spiro atoms. The number of para-hydroxylation sites is 1. The number of aromatic nitrogens is 2. The maximum absolute atomic E-state index is 13.6. The smallest absolute Gasteiger partial charge is 0.327 e. The van der Waals surface area contributed by atoms with E-state index in [1.165, 1.54) is 4.90 Å². The summed E-state index contributed by atoms with van der Waals surface area (Å²) in [6, 6.07) is 24.7. The Hall–Kier alpha value is -4.41. The number of nitrogens with zero attached hydrogens (tertiary/aromatic N) is 3. The molecule has 1 aliphatic heterocycles. The molecule has 1 atom stereocenters. The minimum absolute atomic E-state index is 0.132. The molecule has 202 valence electrons. The number of benzene rings is 3. The average Bonchev–Trinajstić information content (AvgIpc) is 3.42. The summed E-state index contributed by atoms with van der Waals surface area (Å²) in [5.41, 5.74) is 2.77. The molecule has 0 bridgehead atoms. The van der Waals surface area contributed by atoms with Crippen LogP contribution in [0.4, 0.5) is 0 Å². The van der Waals surface area contributed by atoms with Crippen molar-refractivity contribution in [3.8, 4) is 23.1 Å². The van der Waals surface area contributed by atoms with Crippen molar-refractivity contribution < 1.29 is 24.2 Å². The van der Waals surface area contributed by atoms with Gasteiger partial charge in [0.05, 0.1) is 29.0 Å². The molecular formula is C30H25N3O5S2. The van der Waals surface area contributed by atoms with E-state index in [1.54, 1.807) is 42.1 Å². The molecule has 0 saturated carbocycles.